The van der Waals surface area contributed by atoms with Gasteiger partial charge in [0.1, 0.15) is 0 Å². The molecule has 1 aromatic carbocycles. The number of benzene rings is 1. The zero-order valence-corrected chi connectivity index (χ0v) is 15.1. The molecular weight excluding hydrogens is 328 g/mol. The van der Waals surface area contributed by atoms with Crippen molar-refractivity contribution in [2.24, 2.45) is 16.0 Å². The van der Waals surface area contributed by atoms with Gasteiger partial charge in [-0.3, -0.25) is 4.79 Å². The van der Waals surface area contributed by atoms with Crippen molar-refractivity contribution in [1.82, 2.24) is 4.90 Å². The lowest BCUT2D eigenvalue weighted by atomic mass is 10.1. The van der Waals surface area contributed by atoms with E-state index in [1.807, 2.05) is 6.92 Å². The van der Waals surface area contributed by atoms with Crippen molar-refractivity contribution in [3.63, 3.8) is 0 Å². The van der Waals surface area contributed by atoms with Gasteiger partial charge in [-0.1, -0.05) is 10.3 Å². The Kier molecular flexibility index (Phi) is 7.51. The molecule has 138 valence electrons. The average Bonchev–Trinajstić information content (AvgIpc) is 2.59. The van der Waals surface area contributed by atoms with Crippen molar-refractivity contribution >= 4 is 17.5 Å². The van der Waals surface area contributed by atoms with Crippen LogP contribution in [0.3, 0.4) is 0 Å². The molecule has 9 heteroatoms. The van der Waals surface area contributed by atoms with Crippen LogP contribution in [0, 0.1) is 6.92 Å². The van der Waals surface area contributed by atoms with Crippen LogP contribution in [0.2, 0.25) is 0 Å². The standard InChI is InChI=1S/C16H24N4O5/c1-10-6-12(7-13(23-4)15(10)24-5)16(21)20(3)8-11(2)19-25-9-14(17)18-22/h6-7,22H,8-9H2,1-5H3,(H2,17,18)/b19-11+. The van der Waals surface area contributed by atoms with E-state index < -0.39 is 0 Å². The molecule has 0 radical (unpaired) electrons. The molecule has 9 nitrogen and oxygen atoms in total. The summed E-state index contributed by atoms with van der Waals surface area (Å²) in [4.78, 5) is 19.0. The first-order valence-electron chi connectivity index (χ1n) is 7.43. The predicted octanol–water partition coefficient (Wildman–Crippen LogP) is 1.22. The first kappa shape index (κ1) is 20.1. The van der Waals surface area contributed by atoms with Crippen LogP contribution in [0.15, 0.2) is 22.4 Å². The molecule has 0 aromatic heterocycles. The summed E-state index contributed by atoms with van der Waals surface area (Å²) in [5.41, 5.74) is 7.10. The first-order valence-corrected chi connectivity index (χ1v) is 7.43. The second-order valence-corrected chi connectivity index (χ2v) is 5.38. The fourth-order valence-electron chi connectivity index (χ4n) is 2.18. The lowest BCUT2D eigenvalue weighted by Crippen LogP contribution is -2.31. The van der Waals surface area contributed by atoms with Crippen LogP contribution in [0.25, 0.3) is 0 Å². The van der Waals surface area contributed by atoms with Gasteiger partial charge >= 0.3 is 0 Å². The Balaban J connectivity index is 2.82. The zero-order chi connectivity index (χ0) is 19.0. The van der Waals surface area contributed by atoms with E-state index in [1.54, 1.807) is 33.2 Å². The summed E-state index contributed by atoms with van der Waals surface area (Å²) < 4.78 is 10.5. The largest absolute Gasteiger partial charge is 0.493 e. The smallest absolute Gasteiger partial charge is 0.254 e. The monoisotopic (exact) mass is 352 g/mol. The quantitative estimate of drug-likeness (QED) is 0.314. The minimum atomic E-state index is -0.199. The van der Waals surface area contributed by atoms with Gasteiger partial charge < -0.3 is 30.2 Å². The predicted molar refractivity (Wildman–Crippen MR) is 93.7 cm³/mol. The molecule has 0 bridgehead atoms. The number of nitrogens with two attached hydrogens (primary N) is 1. The van der Waals surface area contributed by atoms with Crippen molar-refractivity contribution in [3.8, 4) is 11.5 Å². The summed E-state index contributed by atoms with van der Waals surface area (Å²) in [7, 11) is 4.72. The molecule has 0 saturated carbocycles. The maximum absolute atomic E-state index is 12.6. The third-order valence-corrected chi connectivity index (χ3v) is 3.29. The fraction of sp³-hybridized carbons (Fsp3) is 0.438. The van der Waals surface area contributed by atoms with Crippen molar-refractivity contribution in [2.75, 3.05) is 34.4 Å². The van der Waals surface area contributed by atoms with Gasteiger partial charge in [0.2, 0.25) is 0 Å². The number of rotatable bonds is 8. The zero-order valence-electron chi connectivity index (χ0n) is 15.1. The van der Waals surface area contributed by atoms with Crippen molar-refractivity contribution in [1.29, 1.82) is 0 Å². The molecule has 25 heavy (non-hydrogen) atoms. The van der Waals surface area contributed by atoms with E-state index in [0.29, 0.717) is 22.8 Å². The van der Waals surface area contributed by atoms with Crippen molar-refractivity contribution in [3.05, 3.63) is 23.3 Å². The van der Waals surface area contributed by atoms with Gasteiger partial charge in [0.05, 0.1) is 26.5 Å². The molecule has 0 atom stereocenters. The molecule has 0 aliphatic carbocycles. The van der Waals surface area contributed by atoms with Crippen LogP contribution in [-0.4, -0.2) is 62.0 Å². The fourth-order valence-corrected chi connectivity index (χ4v) is 2.18. The molecule has 1 rings (SSSR count). The second-order valence-electron chi connectivity index (χ2n) is 5.38. The van der Waals surface area contributed by atoms with E-state index in [9.17, 15) is 4.79 Å². The number of amidine groups is 1. The summed E-state index contributed by atoms with van der Waals surface area (Å²) in [5.74, 6) is 0.791. The van der Waals surface area contributed by atoms with Crippen LogP contribution in [0.1, 0.15) is 22.8 Å². The van der Waals surface area contributed by atoms with Gasteiger partial charge in [-0.2, -0.15) is 0 Å². The number of amides is 1. The molecular formula is C16H24N4O5. The van der Waals surface area contributed by atoms with Crippen molar-refractivity contribution in [2.45, 2.75) is 13.8 Å². The van der Waals surface area contributed by atoms with Gasteiger partial charge in [0.15, 0.2) is 23.9 Å². The Morgan fingerprint density at radius 3 is 2.56 bits per heavy atom. The minimum absolute atomic E-state index is 0.0956. The molecule has 0 heterocycles. The lowest BCUT2D eigenvalue weighted by molar-refractivity contribution is 0.0812. The Hall–Kier alpha value is -2.97. The van der Waals surface area contributed by atoms with Gasteiger partial charge in [-0.05, 0) is 31.5 Å². The normalized spacial score (nSPS) is 11.9. The molecule has 0 saturated heterocycles. The van der Waals surface area contributed by atoms with E-state index in [2.05, 4.69) is 10.3 Å². The molecule has 1 aromatic rings. The number of hydrogen-bond donors (Lipinski definition) is 2. The Morgan fingerprint density at radius 1 is 1.32 bits per heavy atom. The molecule has 0 aliphatic rings. The summed E-state index contributed by atoms with van der Waals surface area (Å²) >= 11 is 0. The highest BCUT2D eigenvalue weighted by Gasteiger charge is 2.17. The molecule has 0 spiro atoms. The summed E-state index contributed by atoms with van der Waals surface area (Å²) in [5, 5.41) is 15.0. The van der Waals surface area contributed by atoms with Gasteiger partial charge in [0, 0.05) is 12.6 Å². The maximum Gasteiger partial charge on any atom is 0.254 e. The van der Waals surface area contributed by atoms with E-state index in [0.717, 1.165) is 5.56 Å². The number of carbonyl (C=O) groups is 1. The van der Waals surface area contributed by atoms with Gasteiger partial charge in [0.25, 0.3) is 5.91 Å². The van der Waals surface area contributed by atoms with E-state index in [4.69, 9.17) is 25.3 Å². The average molecular weight is 352 g/mol. The van der Waals surface area contributed by atoms with Crippen molar-refractivity contribution < 1.29 is 24.3 Å². The highest BCUT2D eigenvalue weighted by atomic mass is 16.6. The number of hydrogen-bond acceptors (Lipinski definition) is 7. The summed E-state index contributed by atoms with van der Waals surface area (Å²) in [6.07, 6.45) is 0. The van der Waals surface area contributed by atoms with Crippen LogP contribution in [-0.2, 0) is 4.84 Å². The lowest BCUT2D eigenvalue weighted by Gasteiger charge is -2.18. The van der Waals surface area contributed by atoms with Gasteiger partial charge in [-0.25, -0.2) is 0 Å². The SMILES string of the molecule is COc1cc(C(=O)N(C)C/C(C)=N/OC/C(N)=N\O)cc(C)c1OC. The Bertz CT molecular complexity index is 673. The van der Waals surface area contributed by atoms with Crippen LogP contribution in [0.4, 0.5) is 0 Å². The number of aryl methyl sites for hydroxylation is 1. The van der Waals surface area contributed by atoms with E-state index in [1.165, 1.54) is 12.0 Å². The Labute approximate surface area is 146 Å². The number of oxime groups is 2. The molecule has 0 unspecified atom stereocenters. The van der Waals surface area contributed by atoms with Crippen LogP contribution < -0.4 is 15.2 Å². The number of carbonyl (C=O) groups excluding carboxylic acids is 1. The molecule has 0 aliphatic heterocycles. The minimum Gasteiger partial charge on any atom is -0.493 e. The highest BCUT2D eigenvalue weighted by molar-refractivity contribution is 5.98. The third-order valence-electron chi connectivity index (χ3n) is 3.29. The van der Waals surface area contributed by atoms with Crippen LogP contribution in [0.5, 0.6) is 11.5 Å². The molecule has 3 N–H and O–H groups in total. The van der Waals surface area contributed by atoms with Crippen LogP contribution >= 0.6 is 0 Å². The second kappa shape index (κ2) is 9.36. The number of ether oxygens (including phenoxy) is 2. The molecule has 0 fully saturated rings. The number of methoxy groups -OCH3 is 2. The third kappa shape index (κ3) is 5.55. The van der Waals surface area contributed by atoms with E-state index >= 15 is 0 Å². The summed E-state index contributed by atoms with van der Waals surface area (Å²) in [6, 6.07) is 3.37. The topological polar surface area (TPSA) is 119 Å². The highest BCUT2D eigenvalue weighted by Crippen LogP contribution is 2.32. The summed E-state index contributed by atoms with van der Waals surface area (Å²) in [6.45, 7) is 3.66. The first-order chi connectivity index (χ1) is 11.8. The van der Waals surface area contributed by atoms with E-state index in [-0.39, 0.29) is 24.9 Å². The Morgan fingerprint density at radius 2 is 2.00 bits per heavy atom. The van der Waals surface area contributed by atoms with Gasteiger partial charge in [-0.15, -0.1) is 0 Å². The number of nitrogens with zero attached hydrogens (tertiary/aromatic N) is 3. The maximum atomic E-state index is 12.6. The molecule has 1 amide bonds.